The van der Waals surface area contributed by atoms with Gasteiger partial charge in [0.05, 0.1) is 5.56 Å². The number of nitrogens with one attached hydrogen (secondary N) is 1. The molecular formula is C22H27N5O2. The molecule has 2 aliphatic heterocycles. The SMILES string of the molecule is CC(=O)N1CCN(C(=O)c2ccc(N3CCN[C@H](c4ccccc4)C3)nc2)CC1. The fourth-order valence-electron chi connectivity index (χ4n) is 3.97. The van der Waals surface area contributed by atoms with Gasteiger partial charge in [-0.05, 0) is 17.7 Å². The van der Waals surface area contributed by atoms with Crippen LogP contribution in [0.4, 0.5) is 5.82 Å². The van der Waals surface area contributed by atoms with Gasteiger partial charge in [0.25, 0.3) is 5.91 Å². The highest BCUT2D eigenvalue weighted by atomic mass is 16.2. The fraction of sp³-hybridized carbons (Fsp3) is 0.409. The number of anilines is 1. The highest BCUT2D eigenvalue weighted by molar-refractivity contribution is 5.94. The Kier molecular flexibility index (Phi) is 5.76. The van der Waals surface area contributed by atoms with E-state index >= 15 is 0 Å². The van der Waals surface area contributed by atoms with Crippen molar-refractivity contribution in [3.63, 3.8) is 0 Å². The third kappa shape index (κ3) is 4.40. The lowest BCUT2D eigenvalue weighted by molar-refractivity contribution is -0.130. The summed E-state index contributed by atoms with van der Waals surface area (Å²) in [4.78, 5) is 34.6. The minimum absolute atomic E-state index is 0.0188. The fourth-order valence-corrected chi connectivity index (χ4v) is 3.97. The lowest BCUT2D eigenvalue weighted by atomic mass is 10.0. The molecule has 4 rings (SSSR count). The van der Waals surface area contributed by atoms with Crippen LogP contribution in [-0.2, 0) is 4.79 Å². The Bertz CT molecular complexity index is 847. The summed E-state index contributed by atoms with van der Waals surface area (Å²) in [5, 5.41) is 3.56. The number of carbonyl (C=O) groups is 2. The van der Waals surface area contributed by atoms with Gasteiger partial charge in [0.2, 0.25) is 5.91 Å². The summed E-state index contributed by atoms with van der Waals surface area (Å²) in [6.45, 7) is 6.50. The second-order valence-corrected chi connectivity index (χ2v) is 7.57. The van der Waals surface area contributed by atoms with E-state index < -0.39 is 0 Å². The topological polar surface area (TPSA) is 68.8 Å². The Hall–Kier alpha value is -2.93. The number of hydrogen-bond donors (Lipinski definition) is 1. The monoisotopic (exact) mass is 393 g/mol. The van der Waals surface area contributed by atoms with Crippen LogP contribution >= 0.6 is 0 Å². The molecule has 1 N–H and O–H groups in total. The molecule has 3 heterocycles. The molecule has 7 heteroatoms. The Morgan fingerprint density at radius 3 is 2.34 bits per heavy atom. The molecule has 0 unspecified atom stereocenters. The van der Waals surface area contributed by atoms with Gasteiger partial charge in [-0.1, -0.05) is 30.3 Å². The predicted molar refractivity (Wildman–Crippen MR) is 112 cm³/mol. The number of pyridine rings is 1. The second kappa shape index (κ2) is 8.61. The van der Waals surface area contributed by atoms with Crippen molar-refractivity contribution in [2.45, 2.75) is 13.0 Å². The summed E-state index contributed by atoms with van der Waals surface area (Å²) in [5.74, 6) is 0.938. The molecule has 152 valence electrons. The van der Waals surface area contributed by atoms with Crippen molar-refractivity contribution in [1.29, 1.82) is 0 Å². The molecule has 0 saturated carbocycles. The first-order valence-electron chi connectivity index (χ1n) is 10.2. The average molecular weight is 393 g/mol. The first kappa shape index (κ1) is 19.4. The molecule has 1 aromatic carbocycles. The van der Waals surface area contributed by atoms with Crippen LogP contribution in [0.25, 0.3) is 0 Å². The van der Waals surface area contributed by atoms with Crippen molar-refractivity contribution < 1.29 is 9.59 Å². The highest BCUT2D eigenvalue weighted by Gasteiger charge is 2.25. The largest absolute Gasteiger partial charge is 0.353 e. The molecule has 29 heavy (non-hydrogen) atoms. The molecule has 2 aromatic rings. The minimum atomic E-state index is -0.0188. The maximum Gasteiger partial charge on any atom is 0.255 e. The van der Waals surface area contributed by atoms with Crippen LogP contribution in [0.5, 0.6) is 0 Å². The van der Waals surface area contributed by atoms with E-state index in [9.17, 15) is 9.59 Å². The number of piperazine rings is 2. The lowest BCUT2D eigenvalue weighted by Crippen LogP contribution is -2.50. The maximum atomic E-state index is 12.8. The van der Waals surface area contributed by atoms with Gasteiger partial charge < -0.3 is 20.0 Å². The van der Waals surface area contributed by atoms with E-state index in [1.54, 1.807) is 22.9 Å². The second-order valence-electron chi connectivity index (χ2n) is 7.57. The Morgan fingerprint density at radius 2 is 1.69 bits per heavy atom. The van der Waals surface area contributed by atoms with Crippen LogP contribution in [0, 0.1) is 0 Å². The molecule has 2 fully saturated rings. The number of nitrogens with zero attached hydrogens (tertiary/aromatic N) is 4. The molecule has 0 aliphatic carbocycles. The Morgan fingerprint density at radius 1 is 0.966 bits per heavy atom. The van der Waals surface area contributed by atoms with E-state index in [-0.39, 0.29) is 17.9 Å². The first-order chi connectivity index (χ1) is 14.1. The molecule has 0 spiro atoms. The normalized spacial score (nSPS) is 19.9. The first-order valence-corrected chi connectivity index (χ1v) is 10.2. The van der Waals surface area contributed by atoms with Crippen LogP contribution in [0.3, 0.4) is 0 Å². The zero-order chi connectivity index (χ0) is 20.2. The van der Waals surface area contributed by atoms with E-state index in [0.29, 0.717) is 31.7 Å². The Labute approximate surface area is 171 Å². The number of amides is 2. The minimum Gasteiger partial charge on any atom is -0.353 e. The number of aromatic nitrogens is 1. The van der Waals surface area contributed by atoms with Crippen LogP contribution in [0.15, 0.2) is 48.7 Å². The molecule has 1 aromatic heterocycles. The van der Waals surface area contributed by atoms with Crippen LogP contribution in [0.2, 0.25) is 0 Å². The van der Waals surface area contributed by atoms with Gasteiger partial charge in [-0.15, -0.1) is 0 Å². The average Bonchev–Trinajstić information content (AvgIpc) is 2.79. The van der Waals surface area contributed by atoms with E-state index in [1.807, 2.05) is 18.2 Å². The zero-order valence-corrected chi connectivity index (χ0v) is 16.8. The van der Waals surface area contributed by atoms with Crippen molar-refractivity contribution in [2.24, 2.45) is 0 Å². The van der Waals surface area contributed by atoms with Gasteiger partial charge in [-0.3, -0.25) is 9.59 Å². The van der Waals surface area contributed by atoms with Gasteiger partial charge in [0.15, 0.2) is 0 Å². The predicted octanol–water partition coefficient (Wildman–Crippen LogP) is 1.54. The van der Waals surface area contributed by atoms with Crippen LogP contribution < -0.4 is 10.2 Å². The quantitative estimate of drug-likeness (QED) is 0.857. The summed E-state index contributed by atoms with van der Waals surface area (Å²) in [5.41, 5.74) is 1.87. The molecule has 2 saturated heterocycles. The molecule has 7 nitrogen and oxygen atoms in total. The summed E-state index contributed by atoms with van der Waals surface area (Å²) >= 11 is 0. The molecule has 0 bridgehead atoms. The highest BCUT2D eigenvalue weighted by Crippen LogP contribution is 2.21. The van der Waals surface area contributed by atoms with Crippen molar-refractivity contribution in [3.05, 3.63) is 59.8 Å². The van der Waals surface area contributed by atoms with E-state index in [0.717, 1.165) is 25.5 Å². The number of hydrogen-bond acceptors (Lipinski definition) is 5. The van der Waals surface area contributed by atoms with Gasteiger partial charge in [-0.2, -0.15) is 0 Å². The Balaban J connectivity index is 1.39. The summed E-state index contributed by atoms with van der Waals surface area (Å²) in [6.07, 6.45) is 1.68. The third-order valence-electron chi connectivity index (χ3n) is 5.71. The number of rotatable bonds is 3. The molecule has 2 aliphatic rings. The third-order valence-corrected chi connectivity index (χ3v) is 5.71. The summed E-state index contributed by atoms with van der Waals surface area (Å²) < 4.78 is 0. The van der Waals surface area contributed by atoms with E-state index in [2.05, 4.69) is 39.5 Å². The van der Waals surface area contributed by atoms with Crippen molar-refractivity contribution >= 4 is 17.6 Å². The summed E-state index contributed by atoms with van der Waals surface area (Å²) in [6, 6.07) is 14.5. The lowest BCUT2D eigenvalue weighted by Gasteiger charge is -2.35. The molecule has 0 radical (unpaired) electrons. The van der Waals surface area contributed by atoms with Crippen LogP contribution in [0.1, 0.15) is 28.9 Å². The van der Waals surface area contributed by atoms with E-state index in [1.165, 1.54) is 5.56 Å². The van der Waals surface area contributed by atoms with Crippen LogP contribution in [-0.4, -0.2) is 72.4 Å². The van der Waals surface area contributed by atoms with Gasteiger partial charge >= 0.3 is 0 Å². The van der Waals surface area contributed by atoms with Gasteiger partial charge in [-0.25, -0.2) is 4.98 Å². The maximum absolute atomic E-state index is 12.8. The number of benzene rings is 1. The van der Waals surface area contributed by atoms with Crippen molar-refractivity contribution in [3.8, 4) is 0 Å². The summed E-state index contributed by atoms with van der Waals surface area (Å²) in [7, 11) is 0. The zero-order valence-electron chi connectivity index (χ0n) is 16.8. The van der Waals surface area contributed by atoms with Gasteiger partial charge in [0.1, 0.15) is 5.82 Å². The molecular weight excluding hydrogens is 366 g/mol. The number of carbonyl (C=O) groups excluding carboxylic acids is 2. The van der Waals surface area contributed by atoms with Crippen molar-refractivity contribution in [2.75, 3.05) is 50.7 Å². The van der Waals surface area contributed by atoms with E-state index in [4.69, 9.17) is 0 Å². The molecule has 1 atom stereocenters. The van der Waals surface area contributed by atoms with Gasteiger partial charge in [0, 0.05) is 65.0 Å². The standard InChI is InChI=1S/C22H27N5O2/c1-17(28)25-11-13-26(14-12-25)22(29)19-7-8-21(24-15-19)27-10-9-23-20(16-27)18-5-3-2-4-6-18/h2-8,15,20,23H,9-14,16H2,1H3/t20-/m0/s1. The smallest absolute Gasteiger partial charge is 0.255 e. The molecule has 2 amide bonds. The van der Waals surface area contributed by atoms with Crippen molar-refractivity contribution in [1.82, 2.24) is 20.1 Å².